The summed E-state index contributed by atoms with van der Waals surface area (Å²) in [4.78, 5) is 17.2. The third-order valence-electron chi connectivity index (χ3n) is 6.01. The molecule has 1 aliphatic heterocycles. The van der Waals surface area contributed by atoms with Crippen LogP contribution in [0.1, 0.15) is 52.4 Å². The average molecular weight is 418 g/mol. The number of carbonyl (C=O) groups excluding carboxylic acids is 1. The number of rotatable bonds is 6. The molecule has 1 aromatic carbocycles. The van der Waals surface area contributed by atoms with Crippen LogP contribution in [0, 0.1) is 0 Å². The Bertz CT molecular complexity index is 1050. The van der Waals surface area contributed by atoms with Crippen molar-refractivity contribution < 1.29 is 14.6 Å². The number of amides is 1. The summed E-state index contributed by atoms with van der Waals surface area (Å²) in [6.45, 7) is 0.841. The summed E-state index contributed by atoms with van der Waals surface area (Å²) in [5.74, 6) is 0.267. The van der Waals surface area contributed by atoms with Gasteiger partial charge >= 0.3 is 0 Å². The van der Waals surface area contributed by atoms with Crippen LogP contribution in [0.4, 0.5) is 0 Å². The van der Waals surface area contributed by atoms with E-state index in [2.05, 4.69) is 39.7 Å². The first-order valence-corrected chi connectivity index (χ1v) is 10.8. The number of aliphatic hydroxyl groups is 1. The first kappa shape index (κ1) is 19.9. The van der Waals surface area contributed by atoms with Gasteiger partial charge in [-0.2, -0.15) is 5.10 Å². The molecule has 7 heteroatoms. The maximum absolute atomic E-state index is 12.8. The van der Waals surface area contributed by atoms with E-state index < -0.39 is 12.1 Å². The number of hydrogen-bond donors (Lipinski definition) is 2. The number of pyridine rings is 1. The zero-order valence-electron chi connectivity index (χ0n) is 17.3. The minimum atomic E-state index is -0.587. The molecule has 0 bridgehead atoms. The highest BCUT2D eigenvalue weighted by Crippen LogP contribution is 2.42. The number of benzene rings is 1. The van der Waals surface area contributed by atoms with Crippen LogP contribution in [0.3, 0.4) is 0 Å². The van der Waals surface area contributed by atoms with Gasteiger partial charge < -0.3 is 15.2 Å². The molecule has 1 amide bonds. The normalized spacial score (nSPS) is 21.1. The molecule has 2 fully saturated rings. The maximum Gasteiger partial charge on any atom is 0.270 e. The van der Waals surface area contributed by atoms with E-state index in [-0.39, 0.29) is 5.91 Å². The van der Waals surface area contributed by atoms with E-state index in [0.29, 0.717) is 31.2 Å². The van der Waals surface area contributed by atoms with Gasteiger partial charge in [-0.3, -0.25) is 9.78 Å². The number of aromatic nitrogens is 3. The number of nitrogens with one attached hydrogen (secondary N) is 1. The van der Waals surface area contributed by atoms with Crippen LogP contribution >= 0.6 is 0 Å². The number of hydrogen-bond acceptors (Lipinski definition) is 5. The third-order valence-corrected chi connectivity index (χ3v) is 6.01. The van der Waals surface area contributed by atoms with Gasteiger partial charge in [-0.1, -0.05) is 12.1 Å². The van der Waals surface area contributed by atoms with Gasteiger partial charge in [-0.25, -0.2) is 4.68 Å². The summed E-state index contributed by atoms with van der Waals surface area (Å²) in [6.07, 6.45) is 8.56. The van der Waals surface area contributed by atoms with Crippen LogP contribution in [-0.2, 0) is 11.2 Å². The molecule has 160 valence electrons. The second-order valence-corrected chi connectivity index (χ2v) is 8.35. The summed E-state index contributed by atoms with van der Waals surface area (Å²) in [6, 6.07) is 11.7. The van der Waals surface area contributed by atoms with Crippen LogP contribution in [-0.4, -0.2) is 51.1 Å². The zero-order valence-corrected chi connectivity index (χ0v) is 17.3. The largest absolute Gasteiger partial charge is 0.391 e. The minimum Gasteiger partial charge on any atom is -0.391 e. The predicted octanol–water partition coefficient (Wildman–Crippen LogP) is 2.62. The Morgan fingerprint density at radius 1 is 1.23 bits per heavy atom. The van der Waals surface area contributed by atoms with Crippen molar-refractivity contribution in [2.45, 2.75) is 43.7 Å². The summed E-state index contributed by atoms with van der Waals surface area (Å²) in [5, 5.41) is 17.3. The lowest BCUT2D eigenvalue weighted by Crippen LogP contribution is -2.49. The molecule has 5 rings (SSSR count). The van der Waals surface area contributed by atoms with Crippen molar-refractivity contribution in [3.05, 3.63) is 77.4 Å². The highest BCUT2D eigenvalue weighted by molar-refractivity contribution is 5.92. The fourth-order valence-electron chi connectivity index (χ4n) is 4.06. The Morgan fingerprint density at radius 3 is 2.77 bits per heavy atom. The molecule has 0 radical (unpaired) electrons. The quantitative estimate of drug-likeness (QED) is 0.642. The van der Waals surface area contributed by atoms with Crippen molar-refractivity contribution in [1.82, 2.24) is 20.1 Å². The first-order chi connectivity index (χ1) is 15.2. The topological polar surface area (TPSA) is 89.3 Å². The molecule has 1 saturated carbocycles. The van der Waals surface area contributed by atoms with Gasteiger partial charge in [0.05, 0.1) is 24.4 Å². The fourth-order valence-corrected chi connectivity index (χ4v) is 4.06. The molecule has 2 N–H and O–H groups in total. The van der Waals surface area contributed by atoms with Gasteiger partial charge in [0.1, 0.15) is 5.69 Å². The maximum atomic E-state index is 12.8. The highest BCUT2D eigenvalue weighted by Gasteiger charge is 2.29. The molecule has 1 aliphatic carbocycles. The molecular weight excluding hydrogens is 392 g/mol. The van der Waals surface area contributed by atoms with Crippen LogP contribution in [0.5, 0.6) is 0 Å². The molecule has 3 aromatic rings. The smallest absolute Gasteiger partial charge is 0.270 e. The summed E-state index contributed by atoms with van der Waals surface area (Å²) >= 11 is 0. The van der Waals surface area contributed by atoms with E-state index >= 15 is 0 Å². The molecular formula is C24H26N4O3. The molecule has 3 heterocycles. The van der Waals surface area contributed by atoms with E-state index in [1.807, 2.05) is 29.2 Å². The van der Waals surface area contributed by atoms with Gasteiger partial charge in [0.15, 0.2) is 0 Å². The first-order valence-electron chi connectivity index (χ1n) is 10.8. The van der Waals surface area contributed by atoms with Gasteiger partial charge in [0.2, 0.25) is 0 Å². The summed E-state index contributed by atoms with van der Waals surface area (Å²) in [7, 11) is 0. The fraction of sp³-hybridized carbons (Fsp3) is 0.375. The molecule has 2 aromatic heterocycles. The van der Waals surface area contributed by atoms with Crippen LogP contribution < -0.4 is 5.32 Å². The van der Waals surface area contributed by atoms with Gasteiger partial charge in [0, 0.05) is 25.2 Å². The van der Waals surface area contributed by atoms with E-state index in [1.54, 1.807) is 6.20 Å². The second-order valence-electron chi connectivity index (χ2n) is 8.35. The molecule has 0 unspecified atom stereocenters. The summed E-state index contributed by atoms with van der Waals surface area (Å²) in [5.41, 5.74) is 4.93. The monoisotopic (exact) mass is 418 g/mol. The third kappa shape index (κ3) is 4.52. The Balaban J connectivity index is 1.35. The molecule has 0 spiro atoms. The zero-order chi connectivity index (χ0) is 21.2. The van der Waals surface area contributed by atoms with Crippen molar-refractivity contribution in [3.63, 3.8) is 0 Å². The second kappa shape index (κ2) is 8.61. The lowest BCUT2D eigenvalue weighted by molar-refractivity contribution is -0.0140. The van der Waals surface area contributed by atoms with E-state index in [0.717, 1.165) is 17.7 Å². The van der Waals surface area contributed by atoms with Crippen LogP contribution in [0.15, 0.2) is 55.0 Å². The minimum absolute atomic E-state index is 0.271. The van der Waals surface area contributed by atoms with Crippen molar-refractivity contribution >= 4 is 5.91 Å². The van der Waals surface area contributed by atoms with E-state index in [9.17, 15) is 9.90 Å². The van der Waals surface area contributed by atoms with Gasteiger partial charge in [-0.15, -0.1) is 0 Å². The Labute approximate surface area is 181 Å². The molecule has 2 atom stereocenters. The van der Waals surface area contributed by atoms with Crippen LogP contribution in [0.25, 0.3) is 5.69 Å². The predicted molar refractivity (Wildman–Crippen MR) is 115 cm³/mol. The lowest BCUT2D eigenvalue weighted by Gasteiger charge is -2.28. The molecule has 7 nitrogen and oxygen atoms in total. The number of nitrogens with zero attached hydrogens (tertiary/aromatic N) is 3. The van der Waals surface area contributed by atoms with Crippen molar-refractivity contribution in [2.24, 2.45) is 0 Å². The number of carbonyl (C=O) groups is 1. The Morgan fingerprint density at radius 2 is 2.06 bits per heavy atom. The molecule has 2 aliphatic rings. The van der Waals surface area contributed by atoms with E-state index in [1.165, 1.54) is 24.0 Å². The standard InChI is InChI=1S/C24H26N4O3/c29-23-8-11-31-15-22(23)27-24(30)21-13-18(20(14-25-21)17-4-5-17)12-16-2-6-19(7-3-16)28-10-1-9-26-28/h1-3,6-7,9-10,13-14,17,22-23,29H,4-5,8,11-12,15H2,(H,27,30)/t22-,23-/m0/s1. The van der Waals surface area contributed by atoms with Gasteiger partial charge in [0.25, 0.3) is 5.91 Å². The number of ether oxygens (including phenoxy) is 1. The van der Waals surface area contributed by atoms with Crippen molar-refractivity contribution in [3.8, 4) is 5.69 Å². The lowest BCUT2D eigenvalue weighted by atomic mass is 9.97. The average Bonchev–Trinajstić information content (AvgIpc) is 3.49. The Hall–Kier alpha value is -3.03. The SMILES string of the molecule is O=C(N[C@H]1COCC[C@@H]1O)c1cc(Cc2ccc(-n3cccn3)cc2)c(C2CC2)cn1. The molecule has 31 heavy (non-hydrogen) atoms. The summed E-state index contributed by atoms with van der Waals surface area (Å²) < 4.78 is 7.22. The van der Waals surface area contributed by atoms with Crippen molar-refractivity contribution in [1.29, 1.82) is 0 Å². The highest BCUT2D eigenvalue weighted by atomic mass is 16.5. The van der Waals surface area contributed by atoms with Crippen molar-refractivity contribution in [2.75, 3.05) is 13.2 Å². The Kier molecular flexibility index (Phi) is 5.53. The molecule has 1 saturated heterocycles. The van der Waals surface area contributed by atoms with Gasteiger partial charge in [-0.05, 0) is 72.6 Å². The van der Waals surface area contributed by atoms with Crippen LogP contribution in [0.2, 0.25) is 0 Å². The number of aliphatic hydroxyl groups excluding tert-OH is 1. The van der Waals surface area contributed by atoms with E-state index in [4.69, 9.17) is 4.74 Å².